The van der Waals surface area contributed by atoms with Crippen molar-refractivity contribution in [2.75, 3.05) is 5.73 Å². The lowest BCUT2D eigenvalue weighted by molar-refractivity contribution is 0.677. The number of nitrogens with two attached hydrogens (primary N) is 1. The molecule has 0 amide bonds. The number of halogens is 2. The molecule has 2 heterocycles. The first-order valence-electron chi connectivity index (χ1n) is 3.75. The Morgan fingerprint density at radius 1 is 1.43 bits per heavy atom. The highest BCUT2D eigenvalue weighted by Gasteiger charge is 2.06. The number of thiophene rings is 1. The van der Waals surface area contributed by atoms with Crippen molar-refractivity contribution in [1.82, 2.24) is 14.8 Å². The Hall–Kier alpha value is -0.400. The Bertz CT molecular complexity index is 450. The van der Waals surface area contributed by atoms with Gasteiger partial charge in [-0.2, -0.15) is 4.98 Å². The van der Waals surface area contributed by atoms with E-state index in [4.69, 9.17) is 5.73 Å². The van der Waals surface area contributed by atoms with Crippen LogP contribution in [0.2, 0.25) is 0 Å². The van der Waals surface area contributed by atoms with E-state index in [9.17, 15) is 0 Å². The molecule has 0 aliphatic rings. The minimum absolute atomic E-state index is 0.285. The highest BCUT2D eigenvalue weighted by Crippen LogP contribution is 2.23. The van der Waals surface area contributed by atoms with Gasteiger partial charge in [-0.3, -0.25) is 0 Å². The summed E-state index contributed by atoms with van der Waals surface area (Å²) in [6, 6.07) is 4.05. The molecule has 0 spiro atoms. The lowest BCUT2D eigenvalue weighted by Crippen LogP contribution is -2.00. The van der Waals surface area contributed by atoms with Crippen LogP contribution < -0.4 is 5.73 Å². The van der Waals surface area contributed by atoms with E-state index in [1.807, 2.05) is 12.1 Å². The van der Waals surface area contributed by atoms with E-state index >= 15 is 0 Å². The second-order valence-corrected chi connectivity index (χ2v) is 5.86. The van der Waals surface area contributed by atoms with Crippen LogP contribution in [0.15, 0.2) is 20.7 Å². The topological polar surface area (TPSA) is 56.7 Å². The molecule has 0 atom stereocenters. The predicted octanol–water partition coefficient (Wildman–Crippen LogP) is 2.50. The Balaban J connectivity index is 2.22. The van der Waals surface area contributed by atoms with Crippen molar-refractivity contribution in [1.29, 1.82) is 0 Å². The summed E-state index contributed by atoms with van der Waals surface area (Å²) in [5.74, 6) is 0.285. The standard InChI is InChI=1S/C7H6Br2N4S/c8-5-2-1-4(14-5)3-13-6(9)11-7(10)12-13/h1-2H,3H2,(H2,10,12). The van der Waals surface area contributed by atoms with Crippen molar-refractivity contribution in [3.8, 4) is 0 Å². The number of nitrogens with zero attached hydrogens (tertiary/aromatic N) is 3. The third-order valence-electron chi connectivity index (χ3n) is 1.58. The fourth-order valence-electron chi connectivity index (χ4n) is 1.02. The van der Waals surface area contributed by atoms with Gasteiger partial charge in [-0.1, -0.05) is 0 Å². The highest BCUT2D eigenvalue weighted by molar-refractivity contribution is 9.11. The van der Waals surface area contributed by atoms with E-state index in [2.05, 4.69) is 41.9 Å². The van der Waals surface area contributed by atoms with Gasteiger partial charge < -0.3 is 5.73 Å². The molecule has 0 aliphatic carbocycles. The maximum Gasteiger partial charge on any atom is 0.240 e. The Morgan fingerprint density at radius 2 is 2.21 bits per heavy atom. The fourth-order valence-corrected chi connectivity index (χ4v) is 2.88. The second-order valence-electron chi connectivity index (χ2n) is 2.60. The van der Waals surface area contributed by atoms with Crippen LogP contribution in [0.25, 0.3) is 0 Å². The smallest absolute Gasteiger partial charge is 0.240 e. The van der Waals surface area contributed by atoms with Crippen LogP contribution >= 0.6 is 43.2 Å². The van der Waals surface area contributed by atoms with Crippen LogP contribution in [-0.4, -0.2) is 14.8 Å². The first-order chi connectivity index (χ1) is 6.65. The summed E-state index contributed by atoms with van der Waals surface area (Å²) >= 11 is 8.36. The van der Waals surface area contributed by atoms with Crippen LogP contribution in [0, 0.1) is 0 Å². The number of aromatic nitrogens is 3. The third kappa shape index (κ3) is 2.15. The summed E-state index contributed by atoms with van der Waals surface area (Å²) in [7, 11) is 0. The van der Waals surface area contributed by atoms with Gasteiger partial charge in [0.25, 0.3) is 0 Å². The Kier molecular flexibility index (Phi) is 2.89. The molecule has 0 fully saturated rings. The van der Waals surface area contributed by atoms with Crippen molar-refractivity contribution in [3.63, 3.8) is 0 Å². The summed E-state index contributed by atoms with van der Waals surface area (Å²) in [4.78, 5) is 5.15. The number of nitrogen functional groups attached to an aromatic ring is 1. The molecule has 0 aromatic carbocycles. The molecule has 0 bridgehead atoms. The third-order valence-corrected chi connectivity index (χ3v) is 3.77. The molecular formula is C7H6Br2N4S. The van der Waals surface area contributed by atoms with Crippen molar-refractivity contribution >= 4 is 49.1 Å². The van der Waals surface area contributed by atoms with Crippen molar-refractivity contribution in [2.45, 2.75) is 6.54 Å². The Labute approximate surface area is 101 Å². The zero-order valence-corrected chi connectivity index (χ0v) is 10.9. The maximum atomic E-state index is 5.46. The summed E-state index contributed by atoms with van der Waals surface area (Å²) in [5.41, 5.74) is 5.46. The molecule has 2 N–H and O–H groups in total. The van der Waals surface area contributed by atoms with E-state index in [0.29, 0.717) is 11.3 Å². The second kappa shape index (κ2) is 4.00. The monoisotopic (exact) mass is 336 g/mol. The maximum absolute atomic E-state index is 5.46. The Morgan fingerprint density at radius 3 is 2.71 bits per heavy atom. The number of rotatable bonds is 2. The average Bonchev–Trinajstić information content (AvgIpc) is 2.61. The number of hydrogen-bond donors (Lipinski definition) is 1. The number of hydrogen-bond acceptors (Lipinski definition) is 4. The molecule has 0 saturated heterocycles. The first-order valence-corrected chi connectivity index (χ1v) is 6.15. The fraction of sp³-hybridized carbons (Fsp3) is 0.143. The SMILES string of the molecule is Nc1nc(Br)n(Cc2ccc(Br)s2)n1. The van der Waals surface area contributed by atoms with Gasteiger partial charge in [0.2, 0.25) is 5.95 Å². The molecule has 0 aliphatic heterocycles. The van der Waals surface area contributed by atoms with Crippen molar-refractivity contribution in [2.24, 2.45) is 0 Å². The van der Waals surface area contributed by atoms with Gasteiger partial charge in [-0.05, 0) is 44.0 Å². The van der Waals surface area contributed by atoms with Gasteiger partial charge in [0.1, 0.15) is 0 Å². The molecule has 2 aromatic heterocycles. The van der Waals surface area contributed by atoms with Gasteiger partial charge in [0.05, 0.1) is 10.3 Å². The average molecular weight is 338 g/mol. The summed E-state index contributed by atoms with van der Waals surface area (Å²) < 4.78 is 3.48. The minimum atomic E-state index is 0.285. The normalized spacial score (nSPS) is 10.7. The molecule has 7 heteroatoms. The summed E-state index contributed by atoms with van der Waals surface area (Å²) in [6.07, 6.45) is 0. The zero-order valence-electron chi connectivity index (χ0n) is 6.94. The summed E-state index contributed by atoms with van der Waals surface area (Å²) in [6.45, 7) is 0.682. The molecule has 4 nitrogen and oxygen atoms in total. The minimum Gasteiger partial charge on any atom is -0.366 e. The van der Waals surface area contributed by atoms with Gasteiger partial charge in [-0.25, -0.2) is 4.68 Å². The van der Waals surface area contributed by atoms with Crippen LogP contribution in [0.4, 0.5) is 5.95 Å². The molecule has 0 saturated carbocycles. The van der Waals surface area contributed by atoms with Crippen LogP contribution in [0.3, 0.4) is 0 Å². The van der Waals surface area contributed by atoms with Crippen molar-refractivity contribution < 1.29 is 0 Å². The molecule has 74 valence electrons. The molecule has 2 rings (SSSR count). The largest absolute Gasteiger partial charge is 0.366 e. The molecule has 14 heavy (non-hydrogen) atoms. The molecule has 0 radical (unpaired) electrons. The van der Waals surface area contributed by atoms with Gasteiger partial charge in [0, 0.05) is 4.88 Å². The predicted molar refractivity (Wildman–Crippen MR) is 63.3 cm³/mol. The van der Waals surface area contributed by atoms with E-state index in [0.717, 1.165) is 3.79 Å². The lowest BCUT2D eigenvalue weighted by Gasteiger charge is -1.97. The van der Waals surface area contributed by atoms with Gasteiger partial charge in [0.15, 0.2) is 4.73 Å². The van der Waals surface area contributed by atoms with Crippen LogP contribution in [-0.2, 0) is 6.54 Å². The molecular weight excluding hydrogens is 332 g/mol. The van der Waals surface area contributed by atoms with E-state index in [-0.39, 0.29) is 5.95 Å². The first kappa shape index (κ1) is 10.1. The molecule has 2 aromatic rings. The van der Waals surface area contributed by atoms with Gasteiger partial charge in [-0.15, -0.1) is 16.4 Å². The molecule has 0 unspecified atom stereocenters. The van der Waals surface area contributed by atoms with Gasteiger partial charge >= 0.3 is 0 Å². The van der Waals surface area contributed by atoms with Crippen molar-refractivity contribution in [3.05, 3.63) is 25.5 Å². The number of anilines is 1. The van der Waals surface area contributed by atoms with E-state index < -0.39 is 0 Å². The quantitative estimate of drug-likeness (QED) is 0.916. The van der Waals surface area contributed by atoms with Crippen LogP contribution in [0.5, 0.6) is 0 Å². The van der Waals surface area contributed by atoms with E-state index in [1.54, 1.807) is 16.0 Å². The summed E-state index contributed by atoms with van der Waals surface area (Å²) in [5, 5.41) is 4.04. The highest BCUT2D eigenvalue weighted by atomic mass is 79.9. The van der Waals surface area contributed by atoms with E-state index in [1.165, 1.54) is 4.88 Å². The lowest BCUT2D eigenvalue weighted by atomic mass is 10.5. The van der Waals surface area contributed by atoms with Crippen LogP contribution in [0.1, 0.15) is 4.88 Å². The zero-order chi connectivity index (χ0) is 10.1.